The number of methoxy groups -OCH3 is 1. The standard InChI is InChI=1S/C14H19N3O4/c1-20-13(18)8-12-9-17(5-6-21-12)14(19)16-11-4-2-3-10(15)7-11/h2-4,7,12H,5-6,8-9,15H2,1H3,(H,16,19). The SMILES string of the molecule is COC(=O)CC1CN(C(=O)Nc2cccc(N)c2)CCO1. The zero-order chi connectivity index (χ0) is 15.2. The Morgan fingerprint density at radius 2 is 2.33 bits per heavy atom. The van der Waals surface area contributed by atoms with Crippen LogP contribution in [-0.4, -0.2) is 49.8 Å². The minimum Gasteiger partial charge on any atom is -0.469 e. The third-order valence-corrected chi connectivity index (χ3v) is 3.19. The third kappa shape index (κ3) is 4.35. The van der Waals surface area contributed by atoms with E-state index in [1.165, 1.54) is 7.11 Å². The number of carbonyl (C=O) groups excluding carboxylic acids is 2. The van der Waals surface area contributed by atoms with E-state index in [9.17, 15) is 9.59 Å². The van der Waals surface area contributed by atoms with Gasteiger partial charge >= 0.3 is 12.0 Å². The number of nitrogen functional groups attached to an aromatic ring is 1. The van der Waals surface area contributed by atoms with Crippen LogP contribution in [0.5, 0.6) is 0 Å². The normalized spacial score (nSPS) is 18.1. The highest BCUT2D eigenvalue weighted by Gasteiger charge is 2.26. The van der Waals surface area contributed by atoms with E-state index in [0.717, 1.165) is 0 Å². The van der Waals surface area contributed by atoms with Crippen molar-refractivity contribution in [3.05, 3.63) is 24.3 Å². The first-order chi connectivity index (χ1) is 10.1. The summed E-state index contributed by atoms with van der Waals surface area (Å²) in [7, 11) is 1.33. The molecular formula is C14H19N3O4. The van der Waals surface area contributed by atoms with Gasteiger partial charge in [-0.25, -0.2) is 4.79 Å². The van der Waals surface area contributed by atoms with Gasteiger partial charge in [-0.05, 0) is 18.2 Å². The molecule has 0 spiro atoms. The highest BCUT2D eigenvalue weighted by atomic mass is 16.5. The predicted molar refractivity (Wildman–Crippen MR) is 77.8 cm³/mol. The Labute approximate surface area is 123 Å². The van der Waals surface area contributed by atoms with Crippen molar-refractivity contribution in [1.82, 2.24) is 4.90 Å². The number of esters is 1. The lowest BCUT2D eigenvalue weighted by Crippen LogP contribution is -2.48. The molecule has 2 amide bonds. The highest BCUT2D eigenvalue weighted by Crippen LogP contribution is 2.15. The molecule has 1 heterocycles. The average Bonchev–Trinajstić information content (AvgIpc) is 2.47. The molecule has 7 nitrogen and oxygen atoms in total. The fraction of sp³-hybridized carbons (Fsp3) is 0.429. The fourth-order valence-electron chi connectivity index (χ4n) is 2.12. The molecule has 21 heavy (non-hydrogen) atoms. The molecule has 1 aromatic rings. The van der Waals surface area contributed by atoms with Crippen LogP contribution in [0, 0.1) is 0 Å². The van der Waals surface area contributed by atoms with Gasteiger partial charge in [-0.1, -0.05) is 6.07 Å². The summed E-state index contributed by atoms with van der Waals surface area (Å²) in [5.41, 5.74) is 6.89. The zero-order valence-electron chi connectivity index (χ0n) is 11.9. The van der Waals surface area contributed by atoms with Crippen molar-refractivity contribution in [3.8, 4) is 0 Å². The molecule has 2 rings (SSSR count). The summed E-state index contributed by atoms with van der Waals surface area (Å²) >= 11 is 0. The maximum absolute atomic E-state index is 12.2. The molecule has 1 atom stereocenters. The molecule has 0 aliphatic carbocycles. The Kier molecular flexibility index (Phi) is 4.99. The van der Waals surface area contributed by atoms with Crippen LogP contribution in [0.1, 0.15) is 6.42 Å². The number of nitrogens with two attached hydrogens (primary N) is 1. The van der Waals surface area contributed by atoms with E-state index in [-0.39, 0.29) is 24.5 Å². The summed E-state index contributed by atoms with van der Waals surface area (Å²) in [5.74, 6) is -0.349. The van der Waals surface area contributed by atoms with E-state index in [1.807, 2.05) is 0 Å². The van der Waals surface area contributed by atoms with E-state index in [0.29, 0.717) is 31.1 Å². The molecule has 3 N–H and O–H groups in total. The van der Waals surface area contributed by atoms with Gasteiger partial charge in [-0.15, -0.1) is 0 Å². The first-order valence-electron chi connectivity index (χ1n) is 6.68. The molecule has 114 valence electrons. The molecule has 1 saturated heterocycles. The number of hydrogen-bond acceptors (Lipinski definition) is 5. The number of nitrogens with zero attached hydrogens (tertiary/aromatic N) is 1. The summed E-state index contributed by atoms with van der Waals surface area (Å²) in [6, 6.07) is 6.73. The first kappa shape index (κ1) is 15.1. The number of urea groups is 1. The van der Waals surface area contributed by atoms with Crippen LogP contribution in [0.4, 0.5) is 16.2 Å². The van der Waals surface area contributed by atoms with Crippen molar-refractivity contribution in [1.29, 1.82) is 0 Å². The Hall–Kier alpha value is -2.28. The topological polar surface area (TPSA) is 93.9 Å². The van der Waals surface area contributed by atoms with Crippen LogP contribution in [0.15, 0.2) is 24.3 Å². The molecule has 1 aliphatic rings. The van der Waals surface area contributed by atoms with Crippen molar-refractivity contribution < 1.29 is 19.1 Å². The lowest BCUT2D eigenvalue weighted by molar-refractivity contribution is -0.145. The molecule has 0 bridgehead atoms. The summed E-state index contributed by atoms with van der Waals surface area (Å²) in [6.07, 6.45) is -0.198. The van der Waals surface area contributed by atoms with Gasteiger partial charge in [0.1, 0.15) is 0 Å². The van der Waals surface area contributed by atoms with Crippen molar-refractivity contribution in [2.75, 3.05) is 37.9 Å². The Bertz CT molecular complexity index is 521. The fourth-order valence-corrected chi connectivity index (χ4v) is 2.12. The Morgan fingerprint density at radius 3 is 3.05 bits per heavy atom. The molecule has 1 aliphatic heterocycles. The van der Waals surface area contributed by atoms with E-state index in [2.05, 4.69) is 10.1 Å². The van der Waals surface area contributed by atoms with Crippen molar-refractivity contribution in [2.45, 2.75) is 12.5 Å². The molecule has 0 saturated carbocycles. The second-order valence-electron chi connectivity index (χ2n) is 4.77. The molecule has 1 fully saturated rings. The summed E-state index contributed by atoms with van der Waals surface area (Å²) in [6.45, 7) is 1.22. The quantitative estimate of drug-likeness (QED) is 0.642. The number of carbonyl (C=O) groups is 2. The van der Waals surface area contributed by atoms with Crippen LogP contribution < -0.4 is 11.1 Å². The van der Waals surface area contributed by atoms with Gasteiger partial charge in [-0.2, -0.15) is 0 Å². The van der Waals surface area contributed by atoms with Gasteiger partial charge in [0, 0.05) is 24.5 Å². The molecule has 0 radical (unpaired) electrons. The molecular weight excluding hydrogens is 274 g/mol. The minimum absolute atomic E-state index is 0.137. The van der Waals surface area contributed by atoms with Crippen molar-refractivity contribution >= 4 is 23.4 Å². The van der Waals surface area contributed by atoms with Gasteiger partial charge in [0.25, 0.3) is 0 Å². The van der Waals surface area contributed by atoms with Crippen LogP contribution in [0.3, 0.4) is 0 Å². The highest BCUT2D eigenvalue weighted by molar-refractivity contribution is 5.90. The van der Waals surface area contributed by atoms with E-state index in [4.69, 9.17) is 10.5 Å². The third-order valence-electron chi connectivity index (χ3n) is 3.19. The lowest BCUT2D eigenvalue weighted by atomic mass is 10.2. The van der Waals surface area contributed by atoms with Crippen LogP contribution in [0.25, 0.3) is 0 Å². The Morgan fingerprint density at radius 1 is 1.52 bits per heavy atom. The maximum Gasteiger partial charge on any atom is 0.322 e. The summed E-state index contributed by atoms with van der Waals surface area (Å²) in [5, 5.41) is 2.78. The van der Waals surface area contributed by atoms with Gasteiger partial charge in [-0.3, -0.25) is 4.79 Å². The van der Waals surface area contributed by atoms with Gasteiger partial charge in [0.2, 0.25) is 0 Å². The van der Waals surface area contributed by atoms with Crippen LogP contribution in [-0.2, 0) is 14.3 Å². The van der Waals surface area contributed by atoms with Crippen LogP contribution >= 0.6 is 0 Å². The summed E-state index contributed by atoms with van der Waals surface area (Å²) < 4.78 is 10.1. The van der Waals surface area contributed by atoms with E-state index in [1.54, 1.807) is 29.2 Å². The maximum atomic E-state index is 12.2. The smallest absolute Gasteiger partial charge is 0.322 e. The zero-order valence-corrected chi connectivity index (χ0v) is 11.9. The van der Waals surface area contributed by atoms with Crippen LogP contribution in [0.2, 0.25) is 0 Å². The van der Waals surface area contributed by atoms with Crippen molar-refractivity contribution in [2.24, 2.45) is 0 Å². The second-order valence-corrected chi connectivity index (χ2v) is 4.77. The monoisotopic (exact) mass is 293 g/mol. The Balaban J connectivity index is 1.91. The number of nitrogens with one attached hydrogen (secondary N) is 1. The minimum atomic E-state index is -0.349. The molecule has 1 unspecified atom stereocenters. The van der Waals surface area contributed by atoms with E-state index < -0.39 is 0 Å². The average molecular weight is 293 g/mol. The number of rotatable bonds is 3. The van der Waals surface area contributed by atoms with Gasteiger partial charge in [0.15, 0.2) is 0 Å². The number of hydrogen-bond donors (Lipinski definition) is 2. The number of morpholine rings is 1. The number of amides is 2. The molecule has 1 aromatic carbocycles. The van der Waals surface area contributed by atoms with E-state index >= 15 is 0 Å². The van der Waals surface area contributed by atoms with Crippen molar-refractivity contribution in [3.63, 3.8) is 0 Å². The molecule has 0 aromatic heterocycles. The summed E-state index contributed by atoms with van der Waals surface area (Å²) in [4.78, 5) is 25.0. The van der Waals surface area contributed by atoms with Gasteiger partial charge < -0.3 is 25.4 Å². The number of anilines is 2. The number of ether oxygens (including phenoxy) is 2. The predicted octanol–water partition coefficient (Wildman–Crippen LogP) is 1.06. The number of benzene rings is 1. The first-order valence-corrected chi connectivity index (χ1v) is 6.68. The lowest BCUT2D eigenvalue weighted by Gasteiger charge is -2.32. The van der Waals surface area contributed by atoms with Gasteiger partial charge in [0.05, 0.1) is 26.2 Å². The second kappa shape index (κ2) is 6.94. The largest absolute Gasteiger partial charge is 0.469 e. The molecule has 7 heteroatoms.